The Balaban J connectivity index is 2.08. The second kappa shape index (κ2) is 5.01. The highest BCUT2D eigenvalue weighted by molar-refractivity contribution is 5.82. The molecule has 0 aliphatic carbocycles. The highest BCUT2D eigenvalue weighted by Crippen LogP contribution is 2.28. The van der Waals surface area contributed by atoms with Crippen molar-refractivity contribution in [1.82, 2.24) is 0 Å². The van der Waals surface area contributed by atoms with Crippen molar-refractivity contribution in [3.8, 4) is 5.75 Å². The minimum absolute atomic E-state index is 0.0911. The number of rotatable bonds is 2. The molecule has 2 aromatic rings. The Labute approximate surface area is 122 Å². The van der Waals surface area contributed by atoms with Crippen LogP contribution < -0.4 is 4.74 Å². The molecule has 0 saturated carbocycles. The summed E-state index contributed by atoms with van der Waals surface area (Å²) in [6, 6.07) is 11.0. The van der Waals surface area contributed by atoms with Crippen LogP contribution in [0.5, 0.6) is 5.75 Å². The first-order valence-corrected chi connectivity index (χ1v) is 6.64. The molecule has 0 saturated heterocycles. The highest BCUT2D eigenvalue weighted by Gasteiger charge is 2.22. The number of nitro benzene ring substituents is 1. The van der Waals surface area contributed by atoms with Crippen molar-refractivity contribution in [2.45, 2.75) is 13.8 Å². The monoisotopic (exact) mass is 283 g/mol. The molecule has 1 aliphatic rings. The number of ether oxygens (including phenoxy) is 1. The summed E-state index contributed by atoms with van der Waals surface area (Å²) >= 11 is 0. The van der Waals surface area contributed by atoms with Crippen LogP contribution in [-0.4, -0.2) is 22.4 Å². The van der Waals surface area contributed by atoms with E-state index in [4.69, 9.17) is 4.74 Å². The number of para-hydroxylation sites is 1. The van der Waals surface area contributed by atoms with Gasteiger partial charge >= 0.3 is 0 Å². The van der Waals surface area contributed by atoms with Crippen molar-refractivity contribution >= 4 is 17.6 Å². The number of hydrogen-bond acceptors (Lipinski definition) is 3. The van der Waals surface area contributed by atoms with E-state index in [-0.39, 0.29) is 10.6 Å². The third kappa shape index (κ3) is 2.50. The second-order valence-corrected chi connectivity index (χ2v) is 5.15. The summed E-state index contributed by atoms with van der Waals surface area (Å²) in [7, 11) is 0. The summed E-state index contributed by atoms with van der Waals surface area (Å²) in [4.78, 5) is 10.6. The molecule has 1 aliphatic heterocycles. The van der Waals surface area contributed by atoms with Gasteiger partial charge < -0.3 is 4.74 Å². The molecule has 0 spiro atoms. The Morgan fingerprint density at radius 1 is 1.24 bits per heavy atom. The van der Waals surface area contributed by atoms with E-state index in [1.807, 2.05) is 48.9 Å². The normalized spacial score (nSPS) is 13.1. The first-order valence-electron chi connectivity index (χ1n) is 6.64. The van der Waals surface area contributed by atoms with Crippen molar-refractivity contribution in [3.63, 3.8) is 0 Å². The van der Waals surface area contributed by atoms with Gasteiger partial charge in [-0.1, -0.05) is 12.1 Å². The summed E-state index contributed by atoms with van der Waals surface area (Å²) < 4.78 is 7.66. The largest absolute Gasteiger partial charge is 0.435 e. The Hall–Kier alpha value is -2.69. The van der Waals surface area contributed by atoms with Gasteiger partial charge in [-0.2, -0.15) is 4.58 Å². The SMILES string of the molecule is Cc1cc([N+](=O)[O-])cc([N+]2=Cc3cccc(C)c3OC2)c1. The lowest BCUT2D eigenvalue weighted by Gasteiger charge is -2.15. The molecular formula is C16H15N2O3+. The van der Waals surface area contributed by atoms with E-state index < -0.39 is 0 Å². The first-order chi connectivity index (χ1) is 10.0. The molecule has 0 N–H and O–H groups in total. The predicted octanol–water partition coefficient (Wildman–Crippen LogP) is 3.32. The van der Waals surface area contributed by atoms with E-state index in [0.717, 1.165) is 28.1 Å². The average Bonchev–Trinajstić information content (AvgIpc) is 2.46. The zero-order valence-corrected chi connectivity index (χ0v) is 11.9. The van der Waals surface area contributed by atoms with Gasteiger partial charge in [0.15, 0.2) is 6.21 Å². The van der Waals surface area contributed by atoms with Gasteiger partial charge in [-0.3, -0.25) is 10.1 Å². The van der Waals surface area contributed by atoms with Crippen LogP contribution in [0.25, 0.3) is 0 Å². The highest BCUT2D eigenvalue weighted by atomic mass is 16.6. The quantitative estimate of drug-likeness (QED) is 0.482. The smallest absolute Gasteiger partial charge is 0.292 e. The Morgan fingerprint density at radius 3 is 2.81 bits per heavy atom. The number of non-ortho nitro benzene ring substituents is 1. The number of benzene rings is 2. The lowest BCUT2D eigenvalue weighted by Crippen LogP contribution is -2.21. The van der Waals surface area contributed by atoms with E-state index >= 15 is 0 Å². The van der Waals surface area contributed by atoms with Crippen molar-refractivity contribution in [3.05, 3.63) is 63.2 Å². The van der Waals surface area contributed by atoms with Crippen LogP contribution >= 0.6 is 0 Å². The summed E-state index contributed by atoms with van der Waals surface area (Å²) in [6.45, 7) is 4.19. The minimum Gasteiger partial charge on any atom is -0.435 e. The third-order valence-corrected chi connectivity index (χ3v) is 3.47. The molecule has 0 atom stereocenters. The van der Waals surface area contributed by atoms with Crippen LogP contribution in [0.1, 0.15) is 16.7 Å². The Morgan fingerprint density at radius 2 is 2.05 bits per heavy atom. The van der Waals surface area contributed by atoms with E-state index in [1.54, 1.807) is 12.1 Å². The number of nitro groups is 1. The molecule has 1 heterocycles. The number of hydrogen-bond donors (Lipinski definition) is 0. The van der Waals surface area contributed by atoms with Crippen LogP contribution in [0.15, 0.2) is 36.4 Å². The van der Waals surface area contributed by atoms with E-state index in [0.29, 0.717) is 6.73 Å². The van der Waals surface area contributed by atoms with Crippen LogP contribution in [0.2, 0.25) is 0 Å². The lowest BCUT2D eigenvalue weighted by atomic mass is 10.1. The number of aryl methyl sites for hydroxylation is 2. The van der Waals surface area contributed by atoms with Gasteiger partial charge in [-0.05, 0) is 31.0 Å². The minimum atomic E-state index is -0.376. The van der Waals surface area contributed by atoms with Crippen molar-refractivity contribution in [1.29, 1.82) is 0 Å². The molecule has 3 rings (SSSR count). The number of fused-ring (bicyclic) bond motifs is 1. The van der Waals surface area contributed by atoms with Gasteiger partial charge in [0.05, 0.1) is 16.6 Å². The molecule has 0 bridgehead atoms. The molecule has 0 radical (unpaired) electrons. The Bertz CT molecular complexity index is 766. The van der Waals surface area contributed by atoms with Crippen LogP contribution in [-0.2, 0) is 0 Å². The molecule has 5 nitrogen and oxygen atoms in total. The molecular weight excluding hydrogens is 268 g/mol. The van der Waals surface area contributed by atoms with Gasteiger partial charge in [0.25, 0.3) is 12.4 Å². The van der Waals surface area contributed by atoms with Crippen molar-refractivity contribution in [2.24, 2.45) is 0 Å². The van der Waals surface area contributed by atoms with Gasteiger partial charge in [-0.15, -0.1) is 0 Å². The topological polar surface area (TPSA) is 55.4 Å². The summed E-state index contributed by atoms with van der Waals surface area (Å²) in [5.41, 5.74) is 3.76. The fourth-order valence-corrected chi connectivity index (χ4v) is 2.48. The van der Waals surface area contributed by atoms with Crippen LogP contribution in [0.3, 0.4) is 0 Å². The molecule has 0 amide bonds. The zero-order valence-electron chi connectivity index (χ0n) is 11.9. The summed E-state index contributed by atoms with van der Waals surface area (Å²) in [5, 5.41) is 11.0. The second-order valence-electron chi connectivity index (χ2n) is 5.15. The lowest BCUT2D eigenvalue weighted by molar-refractivity contribution is -0.476. The third-order valence-electron chi connectivity index (χ3n) is 3.47. The molecule has 2 aromatic carbocycles. The van der Waals surface area contributed by atoms with Gasteiger partial charge in [0.2, 0.25) is 5.69 Å². The molecule has 0 unspecified atom stereocenters. The zero-order chi connectivity index (χ0) is 15.0. The molecule has 21 heavy (non-hydrogen) atoms. The molecule has 0 fully saturated rings. The predicted molar refractivity (Wildman–Crippen MR) is 79.6 cm³/mol. The van der Waals surface area contributed by atoms with Crippen molar-refractivity contribution in [2.75, 3.05) is 6.73 Å². The van der Waals surface area contributed by atoms with Crippen LogP contribution in [0, 0.1) is 24.0 Å². The van der Waals surface area contributed by atoms with Gasteiger partial charge in [-0.25, -0.2) is 0 Å². The summed E-state index contributed by atoms with van der Waals surface area (Å²) in [6.07, 6.45) is 1.96. The maximum absolute atomic E-state index is 11.0. The maximum atomic E-state index is 11.0. The number of nitrogens with zero attached hydrogens (tertiary/aromatic N) is 2. The maximum Gasteiger partial charge on any atom is 0.292 e. The molecule has 0 aromatic heterocycles. The summed E-state index contributed by atoms with van der Waals surface area (Å²) in [5.74, 6) is 0.871. The molecule has 5 heteroatoms. The van der Waals surface area contributed by atoms with E-state index in [1.165, 1.54) is 0 Å². The average molecular weight is 283 g/mol. The van der Waals surface area contributed by atoms with Gasteiger partial charge in [0, 0.05) is 12.1 Å². The fraction of sp³-hybridized carbons (Fsp3) is 0.188. The molecule has 106 valence electrons. The van der Waals surface area contributed by atoms with Crippen LogP contribution in [0.4, 0.5) is 11.4 Å². The van der Waals surface area contributed by atoms with E-state index in [9.17, 15) is 10.1 Å². The van der Waals surface area contributed by atoms with E-state index in [2.05, 4.69) is 0 Å². The fourth-order valence-electron chi connectivity index (χ4n) is 2.48. The van der Waals surface area contributed by atoms with Crippen molar-refractivity contribution < 1.29 is 14.2 Å². The first kappa shape index (κ1) is 13.3. The van der Waals surface area contributed by atoms with Gasteiger partial charge in [0.1, 0.15) is 5.75 Å². The standard InChI is InChI=1S/C16H15N2O3/c1-11-6-14(8-15(7-11)18(19)20)17-9-13-5-3-4-12(2)16(13)21-10-17/h3-9H,10H2,1-2H3/q+1. The Kier molecular flexibility index (Phi) is 3.17.